The van der Waals surface area contributed by atoms with E-state index in [2.05, 4.69) is 37.9 Å². The molecule has 1 N–H and O–H groups in total. The minimum absolute atomic E-state index is 0.0490. The Hall–Kier alpha value is -0.990. The van der Waals surface area contributed by atoms with Gasteiger partial charge in [0.25, 0.3) is 0 Å². The van der Waals surface area contributed by atoms with E-state index in [1.165, 1.54) is 6.07 Å². The minimum Gasteiger partial charge on any atom is -0.378 e. The quantitative estimate of drug-likeness (QED) is 0.738. The molecule has 1 aromatic heterocycles. The van der Waals surface area contributed by atoms with Crippen LogP contribution in [0.4, 0.5) is 10.2 Å². The number of methoxy groups -OCH3 is 1. The van der Waals surface area contributed by atoms with Gasteiger partial charge in [-0.05, 0) is 41.6 Å². The van der Waals surface area contributed by atoms with E-state index in [4.69, 9.17) is 16.3 Å². The fourth-order valence-electron chi connectivity index (χ4n) is 1.81. The minimum atomic E-state index is -0.522. The van der Waals surface area contributed by atoms with Crippen molar-refractivity contribution in [3.63, 3.8) is 0 Å². The molecule has 0 atom stereocenters. The molecular formula is C14H14ClFIN3O. The van der Waals surface area contributed by atoms with E-state index in [1.54, 1.807) is 19.2 Å². The number of aromatic nitrogens is 2. The number of hydrogen-bond donors (Lipinski definition) is 1. The van der Waals surface area contributed by atoms with E-state index in [0.29, 0.717) is 30.5 Å². The first-order valence-electron chi connectivity index (χ1n) is 6.32. The van der Waals surface area contributed by atoms with Crippen molar-refractivity contribution in [3.05, 3.63) is 38.3 Å². The lowest BCUT2D eigenvalue weighted by atomic mass is 10.2. The Morgan fingerprint density at radius 2 is 2.14 bits per heavy atom. The van der Waals surface area contributed by atoms with Crippen LogP contribution in [0.3, 0.4) is 0 Å². The van der Waals surface area contributed by atoms with E-state index in [0.717, 1.165) is 3.57 Å². The van der Waals surface area contributed by atoms with E-state index in [-0.39, 0.29) is 10.6 Å². The molecule has 112 valence electrons. The molecule has 7 heteroatoms. The first-order valence-corrected chi connectivity index (χ1v) is 7.77. The molecular weight excluding hydrogens is 408 g/mol. The highest BCUT2D eigenvalue weighted by atomic mass is 127. The van der Waals surface area contributed by atoms with Crippen LogP contribution in [0.5, 0.6) is 0 Å². The average molecular weight is 422 g/mol. The van der Waals surface area contributed by atoms with Gasteiger partial charge in [-0.25, -0.2) is 14.4 Å². The number of nitrogens with zero attached hydrogens (tertiary/aromatic N) is 2. The van der Waals surface area contributed by atoms with Gasteiger partial charge in [0, 0.05) is 13.7 Å². The molecule has 0 unspecified atom stereocenters. The van der Waals surface area contributed by atoms with Gasteiger partial charge in [0.05, 0.1) is 26.5 Å². The van der Waals surface area contributed by atoms with Gasteiger partial charge in [0.15, 0.2) is 11.6 Å². The molecule has 0 saturated carbocycles. The van der Waals surface area contributed by atoms with Crippen LogP contribution in [-0.2, 0) is 11.3 Å². The Morgan fingerprint density at radius 1 is 1.38 bits per heavy atom. The van der Waals surface area contributed by atoms with E-state index in [1.807, 2.05) is 6.92 Å². The first kappa shape index (κ1) is 16.4. The Kier molecular flexibility index (Phi) is 5.72. The van der Waals surface area contributed by atoms with Crippen LogP contribution in [0.15, 0.2) is 18.2 Å². The topological polar surface area (TPSA) is 47.0 Å². The third kappa shape index (κ3) is 3.61. The van der Waals surface area contributed by atoms with Crippen LogP contribution in [0, 0.1) is 9.39 Å². The van der Waals surface area contributed by atoms with E-state index < -0.39 is 5.82 Å². The highest BCUT2D eigenvalue weighted by Crippen LogP contribution is 2.28. The highest BCUT2D eigenvalue weighted by Gasteiger charge is 2.16. The van der Waals surface area contributed by atoms with Crippen molar-refractivity contribution in [1.82, 2.24) is 9.97 Å². The molecule has 2 rings (SSSR count). The Balaban J connectivity index is 2.60. The lowest BCUT2D eigenvalue weighted by Crippen LogP contribution is -2.09. The maximum Gasteiger partial charge on any atom is 0.164 e. The van der Waals surface area contributed by atoms with Crippen LogP contribution in [0.25, 0.3) is 11.4 Å². The number of hydrogen-bond acceptors (Lipinski definition) is 4. The van der Waals surface area contributed by atoms with Crippen LogP contribution < -0.4 is 5.32 Å². The normalized spacial score (nSPS) is 10.7. The highest BCUT2D eigenvalue weighted by molar-refractivity contribution is 14.1. The maximum atomic E-state index is 14.2. The van der Waals surface area contributed by atoms with Gasteiger partial charge in [0.1, 0.15) is 5.82 Å². The van der Waals surface area contributed by atoms with Crippen molar-refractivity contribution in [2.45, 2.75) is 13.5 Å². The SMILES string of the molecule is CCNc1nc(-c2cccc(Cl)c2F)nc(COC)c1I. The predicted molar refractivity (Wildman–Crippen MR) is 90.0 cm³/mol. The van der Waals surface area contributed by atoms with Gasteiger partial charge in [0.2, 0.25) is 0 Å². The summed E-state index contributed by atoms with van der Waals surface area (Å²) >= 11 is 7.98. The number of rotatable bonds is 5. The molecule has 0 radical (unpaired) electrons. The largest absolute Gasteiger partial charge is 0.378 e. The van der Waals surface area contributed by atoms with Gasteiger partial charge in [-0.2, -0.15) is 0 Å². The second-order valence-corrected chi connectivity index (χ2v) is 5.71. The number of nitrogens with one attached hydrogen (secondary N) is 1. The summed E-state index contributed by atoms with van der Waals surface area (Å²) in [6.45, 7) is 3.00. The van der Waals surface area contributed by atoms with Crippen LogP contribution in [0.1, 0.15) is 12.6 Å². The molecule has 0 saturated heterocycles. The summed E-state index contributed by atoms with van der Waals surface area (Å²) in [7, 11) is 1.59. The van der Waals surface area contributed by atoms with Crippen LogP contribution >= 0.6 is 34.2 Å². The molecule has 2 aromatic rings. The summed E-state index contributed by atoms with van der Waals surface area (Å²) in [5.41, 5.74) is 0.980. The van der Waals surface area contributed by atoms with Crippen LogP contribution in [0.2, 0.25) is 5.02 Å². The van der Waals surface area contributed by atoms with Gasteiger partial charge in [-0.3, -0.25) is 0 Å². The van der Waals surface area contributed by atoms with Gasteiger partial charge in [-0.1, -0.05) is 17.7 Å². The zero-order chi connectivity index (χ0) is 15.4. The molecule has 0 aliphatic rings. The number of ether oxygens (including phenoxy) is 1. The Morgan fingerprint density at radius 3 is 2.81 bits per heavy atom. The molecule has 1 aromatic carbocycles. The average Bonchev–Trinajstić information content (AvgIpc) is 2.46. The first-order chi connectivity index (χ1) is 10.1. The summed E-state index contributed by atoms with van der Waals surface area (Å²) in [5, 5.41) is 3.20. The van der Waals surface area contributed by atoms with Gasteiger partial charge < -0.3 is 10.1 Å². The predicted octanol–water partition coefficient (Wildman–Crippen LogP) is 4.12. The Labute approximate surface area is 141 Å². The van der Waals surface area contributed by atoms with Gasteiger partial charge in [-0.15, -0.1) is 0 Å². The molecule has 0 bridgehead atoms. The number of halogens is 3. The monoisotopic (exact) mass is 421 g/mol. The fraction of sp³-hybridized carbons (Fsp3) is 0.286. The molecule has 21 heavy (non-hydrogen) atoms. The second-order valence-electron chi connectivity index (χ2n) is 4.22. The lowest BCUT2D eigenvalue weighted by molar-refractivity contribution is 0.181. The van der Waals surface area contributed by atoms with Crippen molar-refractivity contribution >= 4 is 40.0 Å². The van der Waals surface area contributed by atoms with E-state index >= 15 is 0 Å². The third-order valence-electron chi connectivity index (χ3n) is 2.74. The van der Waals surface area contributed by atoms with Crippen molar-refractivity contribution < 1.29 is 9.13 Å². The molecule has 4 nitrogen and oxygen atoms in total. The summed E-state index contributed by atoms with van der Waals surface area (Å²) in [5.74, 6) is 0.430. The summed E-state index contributed by atoms with van der Waals surface area (Å²) in [4.78, 5) is 8.79. The number of benzene rings is 1. The molecule has 0 spiro atoms. The zero-order valence-corrected chi connectivity index (χ0v) is 14.5. The Bertz CT molecular complexity index is 627. The molecule has 0 amide bonds. The lowest BCUT2D eigenvalue weighted by Gasteiger charge is -2.12. The van der Waals surface area contributed by atoms with Crippen LogP contribution in [-0.4, -0.2) is 23.6 Å². The fourth-order valence-corrected chi connectivity index (χ4v) is 2.57. The summed E-state index contributed by atoms with van der Waals surface area (Å²) < 4.78 is 20.2. The molecule has 0 aliphatic heterocycles. The van der Waals surface area contributed by atoms with E-state index in [9.17, 15) is 4.39 Å². The molecule has 0 fully saturated rings. The smallest absolute Gasteiger partial charge is 0.164 e. The van der Waals surface area contributed by atoms with Gasteiger partial charge >= 0.3 is 0 Å². The van der Waals surface area contributed by atoms with Crippen molar-refractivity contribution in [2.75, 3.05) is 19.0 Å². The molecule has 1 heterocycles. The summed E-state index contributed by atoms with van der Waals surface area (Å²) in [6.07, 6.45) is 0. The maximum absolute atomic E-state index is 14.2. The second kappa shape index (κ2) is 7.33. The van der Waals surface area contributed by atoms with Crippen molar-refractivity contribution in [1.29, 1.82) is 0 Å². The van der Waals surface area contributed by atoms with Crippen molar-refractivity contribution in [2.24, 2.45) is 0 Å². The zero-order valence-electron chi connectivity index (χ0n) is 11.6. The summed E-state index contributed by atoms with van der Waals surface area (Å²) in [6, 6.07) is 4.77. The third-order valence-corrected chi connectivity index (χ3v) is 4.16. The molecule has 0 aliphatic carbocycles. The van der Waals surface area contributed by atoms with Crippen molar-refractivity contribution in [3.8, 4) is 11.4 Å². The standard InChI is InChI=1S/C14H14ClFIN3O/c1-3-18-14-12(17)10(7-21-2)19-13(20-14)8-5-4-6-9(15)11(8)16/h4-6H,3,7H2,1-2H3,(H,18,19,20). The number of anilines is 1.